The molecule has 6 nitrogen and oxygen atoms in total. The molecule has 0 heterocycles. The minimum absolute atomic E-state index is 0.0965. The van der Waals surface area contributed by atoms with E-state index in [1.165, 1.54) is 193 Å². The van der Waals surface area contributed by atoms with Crippen LogP contribution < -0.4 is 0 Å². The molecule has 0 aromatic heterocycles. The first kappa shape index (κ1) is 73.6. The summed E-state index contributed by atoms with van der Waals surface area (Å²) in [6.45, 7) is 6.47. The first-order valence-electron chi connectivity index (χ1n) is 33.1. The zero-order chi connectivity index (χ0) is 55.7. The Balaban J connectivity index is 4.14. The second-order valence-corrected chi connectivity index (χ2v) is 22.0. The zero-order valence-electron chi connectivity index (χ0n) is 51.0. The first-order chi connectivity index (χ1) is 38.0. The van der Waals surface area contributed by atoms with Crippen molar-refractivity contribution in [2.45, 2.75) is 335 Å². The first-order valence-corrected chi connectivity index (χ1v) is 33.1. The SMILES string of the molecule is CC/C=C\C/C=C\C/C=C\C/C=C\C/C=C\C/C=C\C/C=C\CCCC(=O)OC(COC(=O)CCCCCCCCC)COC(=O)CCCCCCCCCCCCCCCCCCCCCCCCCCCCCCC. The van der Waals surface area contributed by atoms with Crippen molar-refractivity contribution in [2.75, 3.05) is 13.2 Å². The van der Waals surface area contributed by atoms with Crippen LogP contribution >= 0.6 is 0 Å². The van der Waals surface area contributed by atoms with Crippen LogP contribution in [0.1, 0.15) is 329 Å². The summed E-state index contributed by atoms with van der Waals surface area (Å²) in [5.74, 6) is -0.952. The minimum atomic E-state index is -0.804. The van der Waals surface area contributed by atoms with Crippen LogP contribution in [0.2, 0.25) is 0 Å². The number of carbonyl (C=O) groups is 3. The van der Waals surface area contributed by atoms with Gasteiger partial charge in [-0.2, -0.15) is 0 Å². The molecule has 0 N–H and O–H groups in total. The summed E-state index contributed by atoms with van der Waals surface area (Å²) in [5.41, 5.74) is 0. The highest BCUT2D eigenvalue weighted by Gasteiger charge is 2.19. The predicted octanol–water partition coefficient (Wildman–Crippen LogP) is 22.7. The van der Waals surface area contributed by atoms with Gasteiger partial charge in [-0.1, -0.05) is 324 Å². The van der Waals surface area contributed by atoms with Gasteiger partial charge in [0.1, 0.15) is 13.2 Å². The van der Waals surface area contributed by atoms with E-state index in [1.54, 1.807) is 0 Å². The molecule has 1 unspecified atom stereocenters. The van der Waals surface area contributed by atoms with E-state index in [-0.39, 0.29) is 37.5 Å². The maximum atomic E-state index is 12.8. The van der Waals surface area contributed by atoms with Crippen LogP contribution in [0.25, 0.3) is 0 Å². The summed E-state index contributed by atoms with van der Waals surface area (Å²) in [7, 11) is 0. The average Bonchev–Trinajstić information content (AvgIpc) is 3.43. The lowest BCUT2D eigenvalue weighted by Crippen LogP contribution is -2.30. The number of allylic oxidation sites excluding steroid dienone is 14. The highest BCUT2D eigenvalue weighted by Crippen LogP contribution is 2.18. The van der Waals surface area contributed by atoms with Crippen LogP contribution in [0.4, 0.5) is 0 Å². The maximum Gasteiger partial charge on any atom is 0.306 e. The monoisotopic (exact) mass is 1070 g/mol. The van der Waals surface area contributed by atoms with Crippen molar-refractivity contribution in [3.05, 3.63) is 85.1 Å². The van der Waals surface area contributed by atoms with E-state index in [4.69, 9.17) is 14.2 Å². The van der Waals surface area contributed by atoms with E-state index in [9.17, 15) is 14.4 Å². The van der Waals surface area contributed by atoms with Crippen molar-refractivity contribution < 1.29 is 28.6 Å². The molecule has 1 atom stereocenters. The Morgan fingerprint density at radius 2 is 0.506 bits per heavy atom. The van der Waals surface area contributed by atoms with Gasteiger partial charge in [0.05, 0.1) is 0 Å². The van der Waals surface area contributed by atoms with Crippen molar-refractivity contribution >= 4 is 17.9 Å². The Labute approximate surface area is 477 Å². The molecule has 0 saturated heterocycles. The molecule has 0 spiro atoms. The predicted molar refractivity (Wildman–Crippen MR) is 334 cm³/mol. The summed E-state index contributed by atoms with van der Waals surface area (Å²) >= 11 is 0. The number of hydrogen-bond acceptors (Lipinski definition) is 6. The minimum Gasteiger partial charge on any atom is -0.462 e. The van der Waals surface area contributed by atoms with E-state index >= 15 is 0 Å². The maximum absolute atomic E-state index is 12.8. The van der Waals surface area contributed by atoms with E-state index in [2.05, 4.69) is 106 Å². The Hall–Kier alpha value is -3.41. The van der Waals surface area contributed by atoms with Crippen molar-refractivity contribution in [1.29, 1.82) is 0 Å². The fourth-order valence-electron chi connectivity index (χ4n) is 9.49. The van der Waals surface area contributed by atoms with Gasteiger partial charge < -0.3 is 14.2 Å². The quantitative estimate of drug-likeness (QED) is 0.0261. The van der Waals surface area contributed by atoms with E-state index in [0.29, 0.717) is 19.3 Å². The van der Waals surface area contributed by atoms with Crippen molar-refractivity contribution in [3.8, 4) is 0 Å². The number of esters is 3. The molecular formula is C71H124O6. The lowest BCUT2D eigenvalue weighted by atomic mass is 10.0. The van der Waals surface area contributed by atoms with Gasteiger partial charge in [-0.15, -0.1) is 0 Å². The molecule has 444 valence electrons. The van der Waals surface area contributed by atoms with E-state index in [1.807, 2.05) is 0 Å². The Kier molecular flexibility index (Phi) is 62.2. The zero-order valence-corrected chi connectivity index (χ0v) is 51.0. The van der Waals surface area contributed by atoms with Crippen LogP contribution in [0, 0.1) is 0 Å². The lowest BCUT2D eigenvalue weighted by molar-refractivity contribution is -0.167. The lowest BCUT2D eigenvalue weighted by Gasteiger charge is -2.18. The molecule has 0 bridgehead atoms. The van der Waals surface area contributed by atoms with Crippen LogP contribution in [0.5, 0.6) is 0 Å². The summed E-state index contributed by atoms with van der Waals surface area (Å²) in [5, 5.41) is 0. The Bertz CT molecular complexity index is 1470. The molecule has 0 fully saturated rings. The third-order valence-corrected chi connectivity index (χ3v) is 14.4. The molecule has 0 aliphatic carbocycles. The third kappa shape index (κ3) is 63.3. The van der Waals surface area contributed by atoms with Crippen LogP contribution in [-0.4, -0.2) is 37.2 Å². The summed E-state index contributed by atoms with van der Waals surface area (Å²) in [6, 6.07) is 0. The van der Waals surface area contributed by atoms with Crippen molar-refractivity contribution in [2.24, 2.45) is 0 Å². The van der Waals surface area contributed by atoms with Crippen molar-refractivity contribution in [3.63, 3.8) is 0 Å². The fourth-order valence-corrected chi connectivity index (χ4v) is 9.49. The smallest absolute Gasteiger partial charge is 0.306 e. The molecule has 6 heteroatoms. The second kappa shape index (κ2) is 65.1. The molecule has 0 aliphatic heterocycles. The highest BCUT2D eigenvalue weighted by atomic mass is 16.6. The molecule has 0 rings (SSSR count). The molecule has 77 heavy (non-hydrogen) atoms. The van der Waals surface area contributed by atoms with Crippen LogP contribution in [-0.2, 0) is 28.6 Å². The second-order valence-electron chi connectivity index (χ2n) is 22.0. The Morgan fingerprint density at radius 3 is 0.779 bits per heavy atom. The van der Waals surface area contributed by atoms with Gasteiger partial charge in [0.25, 0.3) is 0 Å². The number of hydrogen-bond donors (Lipinski definition) is 0. The van der Waals surface area contributed by atoms with E-state index < -0.39 is 6.10 Å². The van der Waals surface area contributed by atoms with Gasteiger partial charge in [0.15, 0.2) is 6.10 Å². The van der Waals surface area contributed by atoms with Crippen LogP contribution in [0.3, 0.4) is 0 Å². The van der Waals surface area contributed by atoms with Gasteiger partial charge >= 0.3 is 17.9 Å². The van der Waals surface area contributed by atoms with Gasteiger partial charge in [0, 0.05) is 19.3 Å². The fraction of sp³-hybridized carbons (Fsp3) is 0.761. The molecule has 0 aromatic rings. The number of rotatable bonds is 60. The van der Waals surface area contributed by atoms with Gasteiger partial charge in [-0.3, -0.25) is 14.4 Å². The summed E-state index contributed by atoms with van der Waals surface area (Å²) in [4.78, 5) is 38.1. The molecule has 0 saturated carbocycles. The largest absolute Gasteiger partial charge is 0.462 e. The summed E-state index contributed by atoms with van der Waals surface area (Å²) in [6.07, 6.45) is 86.5. The number of ether oxygens (including phenoxy) is 3. The number of carbonyl (C=O) groups excluding carboxylic acids is 3. The molecular weight excluding hydrogens is 949 g/mol. The summed E-state index contributed by atoms with van der Waals surface area (Å²) < 4.78 is 16.8. The standard InChI is InChI=1S/C71H124O6/c1-4-7-10-13-16-18-20-22-24-26-28-30-32-33-34-35-36-37-39-40-42-44-46-48-50-52-55-58-61-64-70(73)76-67-68(66-75-69(72)63-60-57-54-15-12-9-6-3)77-71(74)65-62-59-56-53-51-49-47-45-43-41-38-31-29-27-25-23-21-19-17-14-11-8-5-2/h8,11,17,19,23,25,29,31,41,43,47,49,53,56,68H,4-7,9-10,12-16,18,20-22,24,26-28,30,32-40,42,44-46,48,50-52,54-55,57-67H2,1-3H3/b11-8-,19-17-,25-23-,31-29-,43-41-,49-47-,56-53-. The molecule has 0 aromatic carbocycles. The number of unbranched alkanes of at least 4 members (excludes halogenated alkanes) is 35. The van der Waals surface area contributed by atoms with Gasteiger partial charge in [-0.05, 0) is 70.6 Å². The average molecular weight is 1070 g/mol. The Morgan fingerprint density at radius 1 is 0.273 bits per heavy atom. The molecule has 0 aliphatic rings. The normalized spacial score (nSPS) is 12.6. The van der Waals surface area contributed by atoms with E-state index in [0.717, 1.165) is 89.9 Å². The van der Waals surface area contributed by atoms with Crippen LogP contribution in [0.15, 0.2) is 85.1 Å². The molecule has 0 amide bonds. The third-order valence-electron chi connectivity index (χ3n) is 14.4. The highest BCUT2D eigenvalue weighted by molar-refractivity contribution is 5.71. The topological polar surface area (TPSA) is 78.9 Å². The van der Waals surface area contributed by atoms with Crippen molar-refractivity contribution in [1.82, 2.24) is 0 Å². The van der Waals surface area contributed by atoms with Gasteiger partial charge in [0.2, 0.25) is 0 Å². The van der Waals surface area contributed by atoms with Gasteiger partial charge in [-0.25, -0.2) is 0 Å². The molecule has 0 radical (unpaired) electrons.